The molecule has 0 fully saturated rings. The lowest BCUT2D eigenvalue weighted by molar-refractivity contribution is -0.139. The van der Waals surface area contributed by atoms with Gasteiger partial charge in [-0.2, -0.15) is 5.26 Å². The Kier molecular flexibility index (Phi) is 5.89. The molecule has 5 rings (SSSR count). The van der Waals surface area contributed by atoms with Crippen molar-refractivity contribution in [3.63, 3.8) is 0 Å². The molecule has 6 nitrogen and oxygen atoms in total. The minimum Gasteiger partial charge on any atom is -0.463 e. The molecule has 0 amide bonds. The first-order chi connectivity index (χ1) is 17.0. The third-order valence-electron chi connectivity index (χ3n) is 5.97. The molecule has 0 bridgehead atoms. The number of hydrogen-bond acceptors (Lipinski definition) is 6. The third-order valence-corrected chi connectivity index (χ3v) is 6.96. The van der Waals surface area contributed by atoms with Crippen LogP contribution in [0.25, 0.3) is 16.8 Å². The molecular weight excluding hydrogens is 458 g/mol. The van der Waals surface area contributed by atoms with Crippen LogP contribution in [0.15, 0.2) is 87.8 Å². The average molecular weight is 480 g/mol. The van der Waals surface area contributed by atoms with Gasteiger partial charge < -0.3 is 4.74 Å². The lowest BCUT2D eigenvalue weighted by atomic mass is 9.91. The van der Waals surface area contributed by atoms with Crippen LogP contribution < -0.4 is 14.9 Å². The Balaban J connectivity index is 1.78. The number of thiazole rings is 1. The van der Waals surface area contributed by atoms with Crippen LogP contribution in [-0.2, 0) is 9.53 Å². The summed E-state index contributed by atoms with van der Waals surface area (Å²) in [6.07, 6.45) is 1.79. The lowest BCUT2D eigenvalue weighted by Gasteiger charge is -2.25. The highest BCUT2D eigenvalue weighted by atomic mass is 32.1. The topological polar surface area (TPSA) is 84.4 Å². The number of rotatable bonds is 4. The molecule has 4 aromatic rings. The first-order valence-electron chi connectivity index (χ1n) is 11.2. The molecule has 0 spiro atoms. The van der Waals surface area contributed by atoms with E-state index in [2.05, 4.69) is 11.1 Å². The number of allylic oxidation sites excluding steroid dienone is 1. The van der Waals surface area contributed by atoms with Crippen LogP contribution in [0.4, 0.5) is 0 Å². The zero-order chi connectivity index (χ0) is 24.5. The zero-order valence-corrected chi connectivity index (χ0v) is 20.0. The summed E-state index contributed by atoms with van der Waals surface area (Å²) in [5.41, 5.74) is 2.86. The van der Waals surface area contributed by atoms with Gasteiger partial charge in [-0.15, -0.1) is 0 Å². The van der Waals surface area contributed by atoms with Gasteiger partial charge in [-0.05, 0) is 54.0 Å². The minimum absolute atomic E-state index is 0.223. The second kappa shape index (κ2) is 9.16. The lowest BCUT2D eigenvalue weighted by Crippen LogP contribution is -2.40. The van der Waals surface area contributed by atoms with E-state index in [1.165, 1.54) is 11.3 Å². The predicted octanol–water partition coefficient (Wildman–Crippen LogP) is 3.82. The van der Waals surface area contributed by atoms with E-state index in [0.29, 0.717) is 26.2 Å². The largest absolute Gasteiger partial charge is 0.463 e. The summed E-state index contributed by atoms with van der Waals surface area (Å²) in [4.78, 5) is 32.0. The second-order valence-corrected chi connectivity index (χ2v) is 9.11. The van der Waals surface area contributed by atoms with Crippen LogP contribution in [-0.4, -0.2) is 17.1 Å². The van der Waals surface area contributed by atoms with Crippen molar-refractivity contribution >= 4 is 34.2 Å². The number of ether oxygens (including phenoxy) is 1. The highest BCUT2D eigenvalue weighted by Crippen LogP contribution is 2.34. The fraction of sp³-hybridized carbons (Fsp3) is 0.143. The summed E-state index contributed by atoms with van der Waals surface area (Å²) in [6, 6.07) is 22.3. The van der Waals surface area contributed by atoms with Crippen LogP contribution in [0.3, 0.4) is 0 Å². The summed E-state index contributed by atoms with van der Waals surface area (Å²) >= 11 is 1.28. The maximum absolute atomic E-state index is 13.7. The Morgan fingerprint density at radius 1 is 1.14 bits per heavy atom. The van der Waals surface area contributed by atoms with Crippen molar-refractivity contribution in [2.24, 2.45) is 4.99 Å². The summed E-state index contributed by atoms with van der Waals surface area (Å²) in [6.45, 7) is 3.76. The summed E-state index contributed by atoms with van der Waals surface area (Å²) in [7, 11) is 0. The highest BCUT2D eigenvalue weighted by Gasteiger charge is 2.34. The molecule has 1 aromatic heterocycles. The average Bonchev–Trinajstić information content (AvgIpc) is 3.17. The number of nitriles is 1. The van der Waals surface area contributed by atoms with E-state index >= 15 is 0 Å². The Hall–Kier alpha value is -4.28. The van der Waals surface area contributed by atoms with Crippen LogP contribution in [0, 0.1) is 11.3 Å². The maximum atomic E-state index is 13.7. The van der Waals surface area contributed by atoms with Crippen molar-refractivity contribution in [2.45, 2.75) is 19.9 Å². The number of carbonyl (C=O) groups excluding carboxylic acids is 1. The summed E-state index contributed by atoms with van der Waals surface area (Å²) in [5.74, 6) is -0.479. The van der Waals surface area contributed by atoms with Crippen LogP contribution >= 0.6 is 11.3 Å². The van der Waals surface area contributed by atoms with Crippen molar-refractivity contribution < 1.29 is 9.53 Å². The highest BCUT2D eigenvalue weighted by molar-refractivity contribution is 7.07. The molecule has 1 aliphatic rings. The molecule has 35 heavy (non-hydrogen) atoms. The first-order valence-corrected chi connectivity index (χ1v) is 12.0. The van der Waals surface area contributed by atoms with E-state index in [1.807, 2.05) is 42.5 Å². The molecule has 0 unspecified atom stereocenters. The van der Waals surface area contributed by atoms with Gasteiger partial charge in [0.2, 0.25) is 0 Å². The number of esters is 1. The Bertz CT molecular complexity index is 1720. The Labute approximate surface area is 205 Å². The summed E-state index contributed by atoms with van der Waals surface area (Å²) < 4.78 is 7.49. The number of aromatic nitrogens is 1. The molecule has 1 aliphatic heterocycles. The SMILES string of the molecule is CCOC(=O)C1=C(C)N=c2s/c(=C/c3ccc(C#N)cc3)c(=O)n2[C@H]1c1cccc2ccccc12. The van der Waals surface area contributed by atoms with Crippen LogP contribution in [0.5, 0.6) is 0 Å². The quantitative estimate of drug-likeness (QED) is 0.417. The van der Waals surface area contributed by atoms with Crippen LogP contribution in [0.2, 0.25) is 0 Å². The van der Waals surface area contributed by atoms with E-state index in [9.17, 15) is 9.59 Å². The number of carbonyl (C=O) groups is 1. The predicted molar refractivity (Wildman–Crippen MR) is 136 cm³/mol. The number of fused-ring (bicyclic) bond motifs is 2. The minimum atomic E-state index is -0.667. The molecule has 0 saturated heterocycles. The normalized spacial score (nSPS) is 15.5. The van der Waals surface area contributed by atoms with Gasteiger partial charge in [-0.1, -0.05) is 65.9 Å². The van der Waals surface area contributed by atoms with Crippen molar-refractivity contribution in [3.8, 4) is 6.07 Å². The van der Waals surface area contributed by atoms with E-state index in [4.69, 9.17) is 10.00 Å². The van der Waals surface area contributed by atoms with Gasteiger partial charge in [0, 0.05) is 0 Å². The fourth-order valence-corrected chi connectivity index (χ4v) is 5.43. The number of nitrogens with zero attached hydrogens (tertiary/aromatic N) is 3. The van der Waals surface area contributed by atoms with E-state index < -0.39 is 12.0 Å². The van der Waals surface area contributed by atoms with Gasteiger partial charge in [0.05, 0.1) is 40.1 Å². The number of hydrogen-bond donors (Lipinski definition) is 0. The molecular formula is C28H21N3O3S. The van der Waals surface area contributed by atoms with Crippen molar-refractivity contribution in [3.05, 3.63) is 114 Å². The monoisotopic (exact) mass is 479 g/mol. The number of benzene rings is 3. The molecule has 3 aromatic carbocycles. The van der Waals surface area contributed by atoms with Gasteiger partial charge in [0.25, 0.3) is 5.56 Å². The van der Waals surface area contributed by atoms with Gasteiger partial charge in [0.1, 0.15) is 0 Å². The Morgan fingerprint density at radius 3 is 2.63 bits per heavy atom. The Morgan fingerprint density at radius 2 is 1.89 bits per heavy atom. The fourth-order valence-electron chi connectivity index (χ4n) is 4.38. The van der Waals surface area contributed by atoms with E-state index in [-0.39, 0.29) is 12.2 Å². The molecule has 1 atom stereocenters. The van der Waals surface area contributed by atoms with Gasteiger partial charge in [-0.3, -0.25) is 9.36 Å². The first kappa shape index (κ1) is 22.5. The molecule has 0 radical (unpaired) electrons. The van der Waals surface area contributed by atoms with Crippen LogP contribution in [0.1, 0.15) is 36.6 Å². The summed E-state index contributed by atoms with van der Waals surface area (Å²) in [5, 5.41) is 11.0. The van der Waals surface area contributed by atoms with Crippen molar-refractivity contribution in [1.82, 2.24) is 4.57 Å². The molecule has 0 aliphatic carbocycles. The van der Waals surface area contributed by atoms with Gasteiger partial charge in [0.15, 0.2) is 4.80 Å². The van der Waals surface area contributed by atoms with Crippen molar-refractivity contribution in [2.75, 3.05) is 6.61 Å². The molecule has 2 heterocycles. The second-order valence-electron chi connectivity index (χ2n) is 8.10. The van der Waals surface area contributed by atoms with E-state index in [1.54, 1.807) is 48.8 Å². The standard InChI is InChI=1S/C28H21N3O3S/c1-3-34-27(33)24-17(2)30-28-31(25(24)22-10-6-8-20-7-4-5-9-21(20)22)26(32)23(35-28)15-18-11-13-19(16-29)14-12-18/h4-15,25H,3H2,1-2H3/b23-15+/t25-/m0/s1. The smallest absolute Gasteiger partial charge is 0.338 e. The van der Waals surface area contributed by atoms with Gasteiger partial charge >= 0.3 is 5.97 Å². The molecule has 0 saturated carbocycles. The zero-order valence-electron chi connectivity index (χ0n) is 19.2. The molecule has 172 valence electrons. The molecule has 0 N–H and O–H groups in total. The van der Waals surface area contributed by atoms with Crippen molar-refractivity contribution in [1.29, 1.82) is 5.26 Å². The van der Waals surface area contributed by atoms with Gasteiger partial charge in [-0.25, -0.2) is 9.79 Å². The maximum Gasteiger partial charge on any atom is 0.338 e. The van der Waals surface area contributed by atoms with E-state index in [0.717, 1.165) is 21.9 Å². The molecule has 7 heteroatoms. The third kappa shape index (κ3) is 3.98.